The van der Waals surface area contributed by atoms with Crippen LogP contribution in [0.15, 0.2) is 23.3 Å². The minimum absolute atomic E-state index is 0.0303. The topological polar surface area (TPSA) is 84.6 Å². The molecule has 1 aromatic rings. The smallest absolute Gasteiger partial charge is 0.272 e. The van der Waals surface area contributed by atoms with Crippen LogP contribution >= 0.6 is 0 Å². The Labute approximate surface area is 135 Å². The molecular weight excluding hydrogens is 294 g/mol. The predicted octanol–water partition coefficient (Wildman–Crippen LogP) is 3.18. The Hall–Kier alpha value is -2.24. The average molecular weight is 315 g/mol. The summed E-state index contributed by atoms with van der Waals surface area (Å²) in [4.78, 5) is 22.8. The maximum absolute atomic E-state index is 12.3. The highest BCUT2D eigenvalue weighted by atomic mass is 16.6. The standard InChI is InChI=1S/C17H21N3O3/c1-11-6-7-12(9-14(11)20(22)23)10-18-19-16(21)15-13-5-3-4-8-17(13,15)2/h6-7,9-10,13,15H,3-5,8H2,1-2H3,(H,19,21)/b18-10-/t13-,15+,17-/m0/s1. The van der Waals surface area contributed by atoms with E-state index in [0.717, 1.165) is 12.8 Å². The summed E-state index contributed by atoms with van der Waals surface area (Å²) in [6.45, 7) is 3.88. The highest BCUT2D eigenvalue weighted by Crippen LogP contribution is 2.66. The number of carbonyl (C=O) groups excluding carboxylic acids is 1. The van der Waals surface area contributed by atoms with Gasteiger partial charge in [0.2, 0.25) is 5.91 Å². The zero-order valence-electron chi connectivity index (χ0n) is 13.4. The summed E-state index contributed by atoms with van der Waals surface area (Å²) in [6, 6.07) is 4.89. The van der Waals surface area contributed by atoms with E-state index < -0.39 is 4.92 Å². The monoisotopic (exact) mass is 315 g/mol. The molecule has 2 fully saturated rings. The quantitative estimate of drug-likeness (QED) is 0.526. The molecule has 6 nitrogen and oxygen atoms in total. The molecule has 0 unspecified atom stereocenters. The number of nitro benzene ring substituents is 1. The lowest BCUT2D eigenvalue weighted by Gasteiger charge is -2.15. The van der Waals surface area contributed by atoms with Crippen molar-refractivity contribution in [1.82, 2.24) is 5.43 Å². The van der Waals surface area contributed by atoms with Crippen LogP contribution in [0.3, 0.4) is 0 Å². The van der Waals surface area contributed by atoms with Crippen molar-refractivity contribution < 1.29 is 9.72 Å². The van der Waals surface area contributed by atoms with E-state index in [0.29, 0.717) is 17.0 Å². The fourth-order valence-corrected chi connectivity index (χ4v) is 3.99. The van der Waals surface area contributed by atoms with Crippen LogP contribution < -0.4 is 5.43 Å². The third kappa shape index (κ3) is 2.85. The van der Waals surface area contributed by atoms with Gasteiger partial charge in [0.25, 0.3) is 5.69 Å². The second kappa shape index (κ2) is 5.76. The molecule has 2 aliphatic rings. The molecule has 0 saturated heterocycles. The summed E-state index contributed by atoms with van der Waals surface area (Å²) >= 11 is 0. The minimum atomic E-state index is -0.416. The molecule has 0 bridgehead atoms. The van der Waals surface area contributed by atoms with Crippen LogP contribution in [0.2, 0.25) is 0 Å². The van der Waals surface area contributed by atoms with Crippen molar-refractivity contribution in [1.29, 1.82) is 0 Å². The van der Waals surface area contributed by atoms with Gasteiger partial charge in [-0.05, 0) is 31.1 Å². The SMILES string of the molecule is Cc1ccc(/C=N\NC(=O)[C@H]2[C@@H]3CCCC[C@@]32C)cc1[N+](=O)[O-]. The summed E-state index contributed by atoms with van der Waals surface area (Å²) in [5.74, 6) is 0.527. The second-order valence-electron chi connectivity index (χ2n) is 6.87. The molecule has 1 amide bonds. The summed E-state index contributed by atoms with van der Waals surface area (Å²) < 4.78 is 0. The zero-order chi connectivity index (χ0) is 16.6. The maximum atomic E-state index is 12.3. The number of amides is 1. The lowest BCUT2D eigenvalue weighted by atomic mass is 9.90. The molecule has 0 spiro atoms. The first kappa shape index (κ1) is 15.6. The number of aryl methyl sites for hydroxylation is 1. The largest absolute Gasteiger partial charge is 0.273 e. The van der Waals surface area contributed by atoms with Gasteiger partial charge in [0.05, 0.1) is 11.1 Å². The van der Waals surface area contributed by atoms with E-state index in [1.807, 2.05) is 0 Å². The Morgan fingerprint density at radius 3 is 2.91 bits per heavy atom. The minimum Gasteiger partial charge on any atom is -0.273 e. The number of fused-ring (bicyclic) bond motifs is 1. The van der Waals surface area contributed by atoms with Gasteiger partial charge in [0.15, 0.2) is 0 Å². The predicted molar refractivity (Wildman–Crippen MR) is 87.1 cm³/mol. The van der Waals surface area contributed by atoms with E-state index >= 15 is 0 Å². The molecule has 23 heavy (non-hydrogen) atoms. The van der Waals surface area contributed by atoms with Crippen LogP contribution in [-0.2, 0) is 4.79 Å². The van der Waals surface area contributed by atoms with Gasteiger partial charge in [0, 0.05) is 23.1 Å². The van der Waals surface area contributed by atoms with Crippen LogP contribution in [0.25, 0.3) is 0 Å². The summed E-state index contributed by atoms with van der Waals surface area (Å²) in [5.41, 5.74) is 4.01. The first-order valence-electron chi connectivity index (χ1n) is 8.01. The molecule has 3 atom stereocenters. The number of carbonyl (C=O) groups is 1. The molecule has 2 saturated carbocycles. The van der Waals surface area contributed by atoms with Crippen LogP contribution in [0, 0.1) is 34.3 Å². The second-order valence-corrected chi connectivity index (χ2v) is 6.87. The molecule has 0 radical (unpaired) electrons. The zero-order valence-corrected chi connectivity index (χ0v) is 13.4. The van der Waals surface area contributed by atoms with Crippen molar-refractivity contribution in [3.05, 3.63) is 39.4 Å². The molecule has 0 aromatic heterocycles. The molecule has 3 rings (SSSR count). The molecule has 2 aliphatic carbocycles. The first-order chi connectivity index (χ1) is 10.9. The van der Waals surface area contributed by atoms with Gasteiger partial charge >= 0.3 is 0 Å². The van der Waals surface area contributed by atoms with Gasteiger partial charge < -0.3 is 0 Å². The number of rotatable bonds is 4. The van der Waals surface area contributed by atoms with Gasteiger partial charge in [-0.25, -0.2) is 5.43 Å². The van der Waals surface area contributed by atoms with E-state index in [4.69, 9.17) is 0 Å². The Balaban J connectivity index is 1.62. The van der Waals surface area contributed by atoms with Crippen LogP contribution in [-0.4, -0.2) is 17.0 Å². The van der Waals surface area contributed by atoms with Crippen molar-refractivity contribution in [2.75, 3.05) is 0 Å². The molecule has 0 aliphatic heterocycles. The fourth-order valence-electron chi connectivity index (χ4n) is 3.99. The lowest BCUT2D eigenvalue weighted by molar-refractivity contribution is -0.385. The number of nitrogens with zero attached hydrogens (tertiary/aromatic N) is 2. The van der Waals surface area contributed by atoms with E-state index in [1.54, 1.807) is 19.1 Å². The third-order valence-electron chi connectivity index (χ3n) is 5.43. The van der Waals surface area contributed by atoms with Gasteiger partial charge in [-0.2, -0.15) is 5.10 Å². The highest BCUT2D eigenvalue weighted by Gasteiger charge is 2.64. The Morgan fingerprint density at radius 1 is 1.48 bits per heavy atom. The van der Waals surface area contributed by atoms with Crippen molar-refractivity contribution >= 4 is 17.8 Å². The Kier molecular flexibility index (Phi) is 3.92. The van der Waals surface area contributed by atoms with Gasteiger partial charge in [-0.1, -0.05) is 31.9 Å². The van der Waals surface area contributed by atoms with E-state index in [-0.39, 0.29) is 22.9 Å². The number of nitrogens with one attached hydrogen (secondary N) is 1. The summed E-state index contributed by atoms with van der Waals surface area (Å²) in [6.07, 6.45) is 6.11. The summed E-state index contributed by atoms with van der Waals surface area (Å²) in [7, 11) is 0. The van der Waals surface area contributed by atoms with Crippen molar-refractivity contribution in [3.63, 3.8) is 0 Å². The van der Waals surface area contributed by atoms with Crippen molar-refractivity contribution in [2.45, 2.75) is 39.5 Å². The third-order valence-corrected chi connectivity index (χ3v) is 5.43. The number of hydrogen-bond acceptors (Lipinski definition) is 4. The number of benzene rings is 1. The molecule has 6 heteroatoms. The molecular formula is C17H21N3O3. The molecule has 0 heterocycles. The Bertz CT molecular complexity index is 686. The van der Waals surface area contributed by atoms with Crippen LogP contribution in [0.4, 0.5) is 5.69 Å². The van der Waals surface area contributed by atoms with Crippen molar-refractivity contribution in [2.24, 2.45) is 22.4 Å². The number of hydrogen-bond donors (Lipinski definition) is 1. The van der Waals surface area contributed by atoms with E-state index in [9.17, 15) is 14.9 Å². The number of nitro groups is 1. The van der Waals surface area contributed by atoms with E-state index in [2.05, 4.69) is 17.5 Å². The van der Waals surface area contributed by atoms with Gasteiger partial charge in [-0.3, -0.25) is 14.9 Å². The summed E-state index contributed by atoms with van der Waals surface area (Å²) in [5, 5.41) is 14.9. The van der Waals surface area contributed by atoms with Crippen molar-refractivity contribution in [3.8, 4) is 0 Å². The highest BCUT2D eigenvalue weighted by molar-refractivity contribution is 5.86. The van der Waals surface area contributed by atoms with Gasteiger partial charge in [0.1, 0.15) is 0 Å². The Morgan fingerprint density at radius 2 is 2.26 bits per heavy atom. The van der Waals surface area contributed by atoms with E-state index in [1.165, 1.54) is 25.1 Å². The fraction of sp³-hybridized carbons (Fsp3) is 0.529. The average Bonchev–Trinajstić information content (AvgIpc) is 3.14. The normalized spacial score (nSPS) is 29.1. The molecule has 1 N–H and O–H groups in total. The molecule has 1 aromatic carbocycles. The number of hydrazone groups is 1. The first-order valence-corrected chi connectivity index (χ1v) is 8.01. The maximum Gasteiger partial charge on any atom is 0.272 e. The van der Waals surface area contributed by atoms with Crippen LogP contribution in [0.1, 0.15) is 43.7 Å². The molecule has 122 valence electrons. The van der Waals surface area contributed by atoms with Gasteiger partial charge in [-0.15, -0.1) is 0 Å². The van der Waals surface area contributed by atoms with Crippen LogP contribution in [0.5, 0.6) is 0 Å². The lowest BCUT2D eigenvalue weighted by Crippen LogP contribution is -2.22.